The van der Waals surface area contributed by atoms with Crippen molar-refractivity contribution in [2.24, 2.45) is 11.8 Å². The molecule has 3 aliphatic heterocycles. The molecule has 9 heteroatoms. The van der Waals surface area contributed by atoms with Crippen LogP contribution in [0.2, 0.25) is 0 Å². The average Bonchev–Trinajstić information content (AvgIpc) is 3.14. The molecule has 2 fully saturated rings. The van der Waals surface area contributed by atoms with Gasteiger partial charge in [0, 0.05) is 41.4 Å². The Hall–Kier alpha value is -3.69. The van der Waals surface area contributed by atoms with E-state index < -0.39 is 40.2 Å². The Morgan fingerprint density at radius 2 is 1.71 bits per heavy atom. The molecule has 0 aromatic heterocycles. The van der Waals surface area contributed by atoms with E-state index in [1.165, 1.54) is 5.57 Å². The van der Waals surface area contributed by atoms with Gasteiger partial charge in [-0.05, 0) is 87.1 Å². The number of fused-ring (bicyclic) bond motifs is 2. The fourth-order valence-electron chi connectivity index (χ4n) is 8.54. The highest BCUT2D eigenvalue weighted by Crippen LogP contribution is 2.68. The van der Waals surface area contributed by atoms with Crippen molar-refractivity contribution in [3.05, 3.63) is 63.5 Å². The highest BCUT2D eigenvalue weighted by molar-refractivity contribution is 6.18. The third kappa shape index (κ3) is 4.99. The Morgan fingerprint density at radius 1 is 1.02 bits per heavy atom. The second-order valence-electron chi connectivity index (χ2n) is 15.1. The van der Waals surface area contributed by atoms with Gasteiger partial charge in [-0.2, -0.15) is 0 Å². The van der Waals surface area contributed by atoms with E-state index in [2.05, 4.69) is 6.08 Å². The molecule has 3 aliphatic carbocycles. The number of ether oxygens (including phenoxy) is 4. The summed E-state index contributed by atoms with van der Waals surface area (Å²) in [6.07, 6.45) is 8.65. The Kier molecular flexibility index (Phi) is 8.92. The lowest BCUT2D eigenvalue weighted by Crippen LogP contribution is -2.72. The molecular formula is C39H50O9. The topological polar surface area (TPSA) is 129 Å². The van der Waals surface area contributed by atoms with Crippen molar-refractivity contribution < 1.29 is 43.5 Å². The lowest BCUT2D eigenvalue weighted by Gasteiger charge is -2.56. The molecule has 3 heterocycles. The number of Topliss-reactive ketones (excluding diaryl/α,β-unsaturated/α-hetero) is 2. The molecule has 7 rings (SSSR count). The number of carbonyl (C=O) groups excluding carboxylic acids is 3. The molecular weight excluding hydrogens is 612 g/mol. The predicted molar refractivity (Wildman–Crippen MR) is 181 cm³/mol. The van der Waals surface area contributed by atoms with Crippen LogP contribution in [0.4, 0.5) is 0 Å². The smallest absolute Gasteiger partial charge is 0.298 e. The fourth-order valence-corrected chi connectivity index (χ4v) is 8.54. The van der Waals surface area contributed by atoms with Gasteiger partial charge in [0.2, 0.25) is 0 Å². The van der Waals surface area contributed by atoms with E-state index in [-0.39, 0.29) is 49.0 Å². The summed E-state index contributed by atoms with van der Waals surface area (Å²) in [5, 5.41) is 23.2. The third-order valence-corrected chi connectivity index (χ3v) is 10.9. The molecule has 260 valence electrons. The van der Waals surface area contributed by atoms with Crippen molar-refractivity contribution in [3.63, 3.8) is 0 Å². The van der Waals surface area contributed by atoms with Crippen LogP contribution in [0.5, 0.6) is 17.2 Å². The maximum absolute atomic E-state index is 14.8. The van der Waals surface area contributed by atoms with E-state index in [0.29, 0.717) is 60.4 Å². The van der Waals surface area contributed by atoms with Crippen LogP contribution in [0, 0.1) is 11.8 Å². The average molecular weight is 663 g/mol. The van der Waals surface area contributed by atoms with E-state index in [9.17, 15) is 24.6 Å². The molecule has 0 amide bonds. The second kappa shape index (κ2) is 12.0. The number of aliphatic hydroxyl groups excluding tert-OH is 1. The number of allylic oxidation sites excluding steroid dienone is 6. The summed E-state index contributed by atoms with van der Waals surface area (Å²) in [6.45, 7) is 15.6. The number of phenolic OH excluding ortho intramolecular Hbond substituents is 1. The van der Waals surface area contributed by atoms with Crippen LogP contribution in [-0.2, 0) is 31.9 Å². The van der Waals surface area contributed by atoms with E-state index in [4.69, 9.17) is 18.9 Å². The molecule has 9 nitrogen and oxygen atoms in total. The van der Waals surface area contributed by atoms with Gasteiger partial charge in [-0.1, -0.05) is 36.8 Å². The highest BCUT2D eigenvalue weighted by Gasteiger charge is 2.81. The molecule has 48 heavy (non-hydrogen) atoms. The second-order valence-corrected chi connectivity index (χ2v) is 15.1. The maximum Gasteiger partial charge on any atom is 0.298 e. The zero-order chi connectivity index (χ0) is 34.3. The van der Waals surface area contributed by atoms with Gasteiger partial charge in [0.15, 0.2) is 22.8 Å². The first-order valence-corrected chi connectivity index (χ1v) is 16.5. The molecule has 2 unspecified atom stereocenters. The van der Waals surface area contributed by atoms with Gasteiger partial charge < -0.3 is 29.2 Å². The molecule has 6 aliphatic rings. The van der Waals surface area contributed by atoms with Gasteiger partial charge in [-0.15, -0.1) is 0 Å². The molecule has 1 aromatic rings. The number of carbonyl (C=O) groups is 3. The number of hydrogen-bond donors (Lipinski definition) is 2. The Morgan fingerprint density at radius 3 is 2.35 bits per heavy atom. The monoisotopic (exact) mass is 662 g/mol. The third-order valence-electron chi connectivity index (χ3n) is 10.9. The molecule has 1 spiro atoms. The van der Waals surface area contributed by atoms with Gasteiger partial charge >= 0.3 is 0 Å². The van der Waals surface area contributed by atoms with Gasteiger partial charge in [0.05, 0.1) is 11.7 Å². The number of hydrogen-bond acceptors (Lipinski definition) is 9. The standard InChI is InChI=1S/C38H46O9.CH4/c1-20(2)10-9-14-36(8)28(40)18-25-30(41)29-31(42)26-16-23-17-27-35(6,7)47-37(34(23)43,15-13-22(5)44-19-39)38(26,27)46-33(29)24(32(25)45-36)12-11-21(3)4;/h10-11,13,16,19,23,27-28,40-41H,9,12,14-15,17-18H2,1-8H3;1H4/b22-13-;/t23?,27?,28-,36-,37-,38-;/m1./s1. The fraction of sp³-hybridized carbons (Fsp3) is 0.564. The van der Waals surface area contributed by atoms with Crippen LogP contribution < -0.4 is 9.47 Å². The first-order valence-electron chi connectivity index (χ1n) is 16.5. The number of phenols is 1. The molecule has 2 N–H and O–H groups in total. The molecule has 4 bridgehead atoms. The molecule has 1 saturated heterocycles. The minimum Gasteiger partial charge on any atom is -0.507 e. The van der Waals surface area contributed by atoms with E-state index >= 15 is 0 Å². The van der Waals surface area contributed by atoms with Gasteiger partial charge in [-0.3, -0.25) is 14.4 Å². The molecule has 0 radical (unpaired) electrons. The normalized spacial score (nSPS) is 32.0. The Balaban J connectivity index is 0.00000451. The maximum atomic E-state index is 14.8. The molecule has 6 atom stereocenters. The highest BCUT2D eigenvalue weighted by atomic mass is 16.6. The van der Waals surface area contributed by atoms with Crippen LogP contribution in [0.15, 0.2) is 46.8 Å². The van der Waals surface area contributed by atoms with Gasteiger partial charge in [0.1, 0.15) is 34.2 Å². The largest absolute Gasteiger partial charge is 0.507 e. The summed E-state index contributed by atoms with van der Waals surface area (Å²) in [7, 11) is 0. The lowest BCUT2D eigenvalue weighted by atomic mass is 9.51. The van der Waals surface area contributed by atoms with Crippen molar-refractivity contribution in [2.75, 3.05) is 0 Å². The van der Waals surface area contributed by atoms with E-state index in [1.54, 1.807) is 19.1 Å². The van der Waals surface area contributed by atoms with Crippen LogP contribution in [-0.4, -0.2) is 56.8 Å². The van der Waals surface area contributed by atoms with Crippen molar-refractivity contribution in [2.45, 2.75) is 130 Å². The SMILES string of the molecule is C.CC(C)=CCC[C@@]1(C)Oc2c(c(O)c3c(c2CC=C(C)C)O[C@]24C(=CC5CC2C(C)(C)O[C@]4(C/C=C(/C)OC=O)C5=O)C3=O)C[C@H]1O. The van der Waals surface area contributed by atoms with Crippen LogP contribution in [0.25, 0.3) is 0 Å². The summed E-state index contributed by atoms with van der Waals surface area (Å²) < 4.78 is 25.7. The first kappa shape index (κ1) is 35.6. The zero-order valence-corrected chi connectivity index (χ0v) is 28.6. The minimum absolute atomic E-state index is 0. The number of rotatable bonds is 9. The van der Waals surface area contributed by atoms with Gasteiger partial charge in [0.25, 0.3) is 6.47 Å². The Labute approximate surface area is 283 Å². The van der Waals surface area contributed by atoms with Crippen molar-refractivity contribution in [3.8, 4) is 17.2 Å². The minimum atomic E-state index is -1.58. The van der Waals surface area contributed by atoms with Crippen molar-refractivity contribution in [1.82, 2.24) is 0 Å². The first-order chi connectivity index (χ1) is 22.0. The van der Waals surface area contributed by atoms with E-state index in [0.717, 1.165) is 5.57 Å². The van der Waals surface area contributed by atoms with Gasteiger partial charge in [-0.25, -0.2) is 0 Å². The number of ketones is 2. The van der Waals surface area contributed by atoms with Crippen LogP contribution in [0.3, 0.4) is 0 Å². The molecule has 1 aromatic carbocycles. The number of aromatic hydroxyl groups is 1. The summed E-state index contributed by atoms with van der Waals surface area (Å²) in [6, 6.07) is 0. The van der Waals surface area contributed by atoms with Crippen molar-refractivity contribution in [1.29, 1.82) is 0 Å². The van der Waals surface area contributed by atoms with E-state index in [1.807, 2.05) is 54.5 Å². The summed E-state index contributed by atoms with van der Waals surface area (Å²) in [5.74, 6) is -0.958. The van der Waals surface area contributed by atoms with Crippen LogP contribution in [0.1, 0.15) is 110 Å². The number of benzene rings is 1. The summed E-state index contributed by atoms with van der Waals surface area (Å²) in [4.78, 5) is 40.2. The summed E-state index contributed by atoms with van der Waals surface area (Å²) in [5.41, 5.74) is -1.42. The summed E-state index contributed by atoms with van der Waals surface area (Å²) >= 11 is 0. The quantitative estimate of drug-likeness (QED) is 0.166. The van der Waals surface area contributed by atoms with Crippen LogP contribution >= 0.6 is 0 Å². The zero-order valence-electron chi connectivity index (χ0n) is 28.6. The Bertz CT molecular complexity index is 1680. The lowest BCUT2D eigenvalue weighted by molar-refractivity contribution is -0.171. The molecule has 1 saturated carbocycles. The number of aliphatic hydroxyl groups is 1. The predicted octanol–water partition coefficient (Wildman–Crippen LogP) is 6.81. The van der Waals surface area contributed by atoms with Crippen molar-refractivity contribution >= 4 is 18.0 Å².